The van der Waals surface area contributed by atoms with Crippen molar-refractivity contribution in [2.24, 2.45) is 0 Å². The Morgan fingerprint density at radius 3 is 2.86 bits per heavy atom. The lowest BCUT2D eigenvalue weighted by Crippen LogP contribution is -2.22. The topological polar surface area (TPSA) is 91.2 Å². The largest absolute Gasteiger partial charge is 0.465 e. The summed E-state index contributed by atoms with van der Waals surface area (Å²) in [6, 6.07) is 8.28. The van der Waals surface area contributed by atoms with Crippen LogP contribution in [0, 0.1) is 11.3 Å². The van der Waals surface area contributed by atoms with E-state index in [2.05, 4.69) is 10.6 Å². The van der Waals surface area contributed by atoms with Crippen LogP contribution in [-0.4, -0.2) is 25.0 Å². The zero-order valence-corrected chi connectivity index (χ0v) is 12.1. The molecule has 21 heavy (non-hydrogen) atoms. The second-order valence-corrected chi connectivity index (χ2v) is 4.26. The monoisotopic (exact) mass is 307 g/mol. The van der Waals surface area contributed by atoms with Crippen molar-refractivity contribution in [2.45, 2.75) is 6.92 Å². The van der Waals surface area contributed by atoms with Crippen LogP contribution in [0.15, 0.2) is 36.0 Å². The van der Waals surface area contributed by atoms with E-state index in [1.54, 1.807) is 37.3 Å². The first-order chi connectivity index (χ1) is 10.1. The molecule has 0 atom stereocenters. The van der Waals surface area contributed by atoms with Gasteiger partial charge in [-0.25, -0.2) is 0 Å². The third kappa shape index (κ3) is 5.97. The summed E-state index contributed by atoms with van der Waals surface area (Å²) in [6.45, 7) is 1.83. The summed E-state index contributed by atoms with van der Waals surface area (Å²) in [5.41, 5.74) is 0.304. The minimum absolute atomic E-state index is 0.122. The quantitative estimate of drug-likeness (QED) is 0.475. The number of nitrogens with zero attached hydrogens (tertiary/aromatic N) is 1. The van der Waals surface area contributed by atoms with Crippen LogP contribution in [0.5, 0.6) is 0 Å². The van der Waals surface area contributed by atoms with Crippen molar-refractivity contribution in [1.29, 1.82) is 5.26 Å². The number of ether oxygens (including phenoxy) is 1. The highest BCUT2D eigenvalue weighted by atomic mass is 35.5. The molecule has 0 saturated heterocycles. The number of hydrogen-bond donors (Lipinski definition) is 2. The summed E-state index contributed by atoms with van der Waals surface area (Å²) in [4.78, 5) is 23.0. The number of rotatable bonds is 6. The predicted octanol–water partition coefficient (Wildman–Crippen LogP) is 1.84. The van der Waals surface area contributed by atoms with Crippen LogP contribution in [0.1, 0.15) is 6.92 Å². The highest BCUT2D eigenvalue weighted by molar-refractivity contribution is 6.31. The fourth-order valence-electron chi connectivity index (χ4n) is 1.36. The summed E-state index contributed by atoms with van der Waals surface area (Å²) < 4.78 is 4.70. The Morgan fingerprint density at radius 1 is 1.48 bits per heavy atom. The van der Waals surface area contributed by atoms with E-state index < -0.39 is 11.9 Å². The lowest BCUT2D eigenvalue weighted by molar-refractivity contribution is -0.141. The predicted molar refractivity (Wildman–Crippen MR) is 78.4 cm³/mol. The number of carbonyl (C=O) groups is 2. The number of benzene rings is 1. The number of nitrogens with one attached hydrogen (secondary N) is 2. The summed E-state index contributed by atoms with van der Waals surface area (Å²) in [7, 11) is 0. The molecule has 0 saturated carbocycles. The molecule has 0 bridgehead atoms. The minimum atomic E-state index is -0.601. The van der Waals surface area contributed by atoms with Gasteiger partial charge in [-0.2, -0.15) is 5.26 Å². The fourth-order valence-corrected chi connectivity index (χ4v) is 1.55. The summed E-state index contributed by atoms with van der Waals surface area (Å²) >= 11 is 5.80. The van der Waals surface area contributed by atoms with Gasteiger partial charge in [0.05, 0.1) is 6.61 Å². The molecule has 110 valence electrons. The number of halogens is 1. The average molecular weight is 308 g/mol. The molecule has 1 aromatic carbocycles. The molecule has 0 spiro atoms. The number of anilines is 1. The fraction of sp³-hybridized carbons (Fsp3) is 0.214. The van der Waals surface area contributed by atoms with E-state index in [0.717, 1.165) is 6.20 Å². The van der Waals surface area contributed by atoms with Gasteiger partial charge < -0.3 is 15.4 Å². The molecule has 0 heterocycles. The lowest BCUT2D eigenvalue weighted by atomic mass is 10.2. The number of hydrogen-bond acceptors (Lipinski definition) is 5. The summed E-state index contributed by atoms with van der Waals surface area (Å²) in [5.74, 6) is -1.07. The standard InChI is InChI=1S/C14H14ClN3O3/c1-2-21-13(19)9-17-8-10(7-16)14(20)18-12-5-3-4-11(15)6-12/h3-6,8,17H,2,9H2,1H3,(H,18,20)/b10-8-. The van der Waals surface area contributed by atoms with E-state index >= 15 is 0 Å². The molecule has 0 radical (unpaired) electrons. The first-order valence-electron chi connectivity index (χ1n) is 6.13. The van der Waals surface area contributed by atoms with Gasteiger partial charge in [-0.05, 0) is 25.1 Å². The SMILES string of the molecule is CCOC(=O)CN/C=C(/C#N)C(=O)Nc1cccc(Cl)c1. The van der Waals surface area contributed by atoms with E-state index in [4.69, 9.17) is 21.6 Å². The maximum Gasteiger partial charge on any atom is 0.325 e. The van der Waals surface area contributed by atoms with Crippen LogP contribution in [-0.2, 0) is 14.3 Å². The van der Waals surface area contributed by atoms with E-state index in [1.165, 1.54) is 0 Å². The molecule has 6 nitrogen and oxygen atoms in total. The first kappa shape index (κ1) is 16.5. The molecule has 1 rings (SSSR count). The molecule has 0 unspecified atom stereocenters. The number of amides is 1. The van der Waals surface area contributed by atoms with Crippen LogP contribution in [0.4, 0.5) is 5.69 Å². The zero-order valence-electron chi connectivity index (χ0n) is 11.4. The van der Waals surface area contributed by atoms with Gasteiger partial charge in [0.1, 0.15) is 18.2 Å². The molecule has 7 heteroatoms. The molecule has 1 amide bonds. The average Bonchev–Trinajstić information content (AvgIpc) is 2.43. The van der Waals surface area contributed by atoms with Crippen molar-refractivity contribution >= 4 is 29.2 Å². The van der Waals surface area contributed by atoms with E-state index in [9.17, 15) is 9.59 Å². The van der Waals surface area contributed by atoms with Gasteiger partial charge in [-0.1, -0.05) is 17.7 Å². The van der Waals surface area contributed by atoms with Crippen molar-refractivity contribution in [3.8, 4) is 6.07 Å². The summed E-state index contributed by atoms with van der Waals surface area (Å²) in [6.07, 6.45) is 1.16. The van der Waals surface area contributed by atoms with Gasteiger partial charge in [0.2, 0.25) is 0 Å². The van der Waals surface area contributed by atoms with Gasteiger partial charge in [0, 0.05) is 16.9 Å². The van der Waals surface area contributed by atoms with Crippen molar-refractivity contribution in [3.63, 3.8) is 0 Å². The third-order valence-electron chi connectivity index (χ3n) is 2.25. The molecular formula is C14H14ClN3O3. The molecular weight excluding hydrogens is 294 g/mol. The second kappa shape index (κ2) is 8.61. The first-order valence-corrected chi connectivity index (χ1v) is 6.50. The van der Waals surface area contributed by atoms with Gasteiger partial charge in [0.15, 0.2) is 0 Å². The number of nitriles is 1. The zero-order chi connectivity index (χ0) is 15.7. The van der Waals surface area contributed by atoms with Crippen molar-refractivity contribution in [1.82, 2.24) is 5.32 Å². The van der Waals surface area contributed by atoms with Crippen molar-refractivity contribution in [3.05, 3.63) is 41.1 Å². The van der Waals surface area contributed by atoms with Gasteiger partial charge in [-0.3, -0.25) is 9.59 Å². The van der Waals surface area contributed by atoms with E-state index in [1.807, 2.05) is 0 Å². The molecule has 0 aromatic heterocycles. The number of carbonyl (C=O) groups excluding carboxylic acids is 2. The van der Waals surface area contributed by atoms with Crippen LogP contribution in [0.3, 0.4) is 0 Å². The molecule has 1 aromatic rings. The Bertz CT molecular complexity index is 593. The molecule has 2 N–H and O–H groups in total. The Morgan fingerprint density at radius 2 is 2.24 bits per heavy atom. The molecule has 0 fully saturated rings. The van der Waals surface area contributed by atoms with Crippen LogP contribution in [0.25, 0.3) is 0 Å². The van der Waals surface area contributed by atoms with Crippen molar-refractivity contribution in [2.75, 3.05) is 18.5 Å². The minimum Gasteiger partial charge on any atom is -0.465 e. The van der Waals surface area contributed by atoms with Gasteiger partial charge in [0.25, 0.3) is 5.91 Å². The lowest BCUT2D eigenvalue weighted by Gasteiger charge is -2.05. The van der Waals surface area contributed by atoms with Crippen LogP contribution in [0.2, 0.25) is 5.02 Å². The highest BCUT2D eigenvalue weighted by Gasteiger charge is 2.09. The smallest absolute Gasteiger partial charge is 0.325 e. The highest BCUT2D eigenvalue weighted by Crippen LogP contribution is 2.15. The molecule has 0 aliphatic rings. The Balaban J connectivity index is 2.61. The Labute approximate surface area is 127 Å². The molecule has 0 aliphatic carbocycles. The molecule has 0 aliphatic heterocycles. The van der Waals surface area contributed by atoms with Gasteiger partial charge >= 0.3 is 5.97 Å². The van der Waals surface area contributed by atoms with Gasteiger partial charge in [-0.15, -0.1) is 0 Å². The van der Waals surface area contributed by atoms with Crippen molar-refractivity contribution < 1.29 is 14.3 Å². The number of esters is 1. The van der Waals surface area contributed by atoms with E-state index in [0.29, 0.717) is 10.7 Å². The maximum absolute atomic E-state index is 11.9. The van der Waals surface area contributed by atoms with Crippen LogP contribution >= 0.6 is 11.6 Å². The second-order valence-electron chi connectivity index (χ2n) is 3.82. The third-order valence-corrected chi connectivity index (χ3v) is 2.48. The van der Waals surface area contributed by atoms with Crippen LogP contribution < -0.4 is 10.6 Å². The normalized spacial score (nSPS) is 10.4. The van der Waals surface area contributed by atoms with E-state index in [-0.39, 0.29) is 18.7 Å². The maximum atomic E-state index is 11.9. The Hall–Kier alpha value is -2.52. The summed E-state index contributed by atoms with van der Waals surface area (Å²) in [5, 5.41) is 14.5. The Kier molecular flexibility index (Phi) is 6.78.